The van der Waals surface area contributed by atoms with E-state index in [0.29, 0.717) is 22.1 Å². The average molecular weight is 356 g/mol. The second-order valence-electron chi connectivity index (χ2n) is 4.37. The van der Waals surface area contributed by atoms with E-state index >= 15 is 0 Å². The first-order valence-electron chi connectivity index (χ1n) is 6.45. The summed E-state index contributed by atoms with van der Waals surface area (Å²) in [5.74, 6) is 0.497. The van der Waals surface area contributed by atoms with Crippen LogP contribution in [0.5, 0.6) is 11.5 Å². The van der Waals surface area contributed by atoms with Crippen LogP contribution in [0.25, 0.3) is 0 Å². The Hall–Kier alpha value is -2.31. The summed E-state index contributed by atoms with van der Waals surface area (Å²) in [5, 5.41) is 11.8. The Morgan fingerprint density at radius 2 is 1.70 bits per heavy atom. The van der Waals surface area contributed by atoms with E-state index in [0.717, 1.165) is 6.07 Å². The molecule has 23 heavy (non-hydrogen) atoms. The minimum atomic E-state index is -0.612. The lowest BCUT2D eigenvalue weighted by Gasteiger charge is -2.10. The van der Waals surface area contributed by atoms with Crippen molar-refractivity contribution in [1.82, 2.24) is 0 Å². The smallest absolute Gasteiger partial charge is 0.311 e. The minimum absolute atomic E-state index is 0.0615. The third-order valence-corrected chi connectivity index (χ3v) is 3.34. The summed E-state index contributed by atoms with van der Waals surface area (Å²) in [6, 6.07) is 8.75. The zero-order valence-electron chi connectivity index (χ0n) is 11.7. The van der Waals surface area contributed by atoms with E-state index in [1.54, 1.807) is 18.2 Å². The van der Waals surface area contributed by atoms with E-state index in [-0.39, 0.29) is 30.2 Å². The van der Waals surface area contributed by atoms with Crippen molar-refractivity contribution in [3.05, 3.63) is 62.1 Å². The molecular formula is C15H11Cl2NO5. The first kappa shape index (κ1) is 17.1. The Morgan fingerprint density at radius 1 is 1.04 bits per heavy atom. The van der Waals surface area contributed by atoms with Gasteiger partial charge in [0.25, 0.3) is 0 Å². The molecule has 0 N–H and O–H groups in total. The molecule has 2 aromatic rings. The summed E-state index contributed by atoms with van der Waals surface area (Å²) in [7, 11) is 0. The third-order valence-electron chi connectivity index (χ3n) is 2.81. The third kappa shape index (κ3) is 4.58. The second-order valence-corrected chi connectivity index (χ2v) is 5.22. The summed E-state index contributed by atoms with van der Waals surface area (Å²) < 4.78 is 10.7. The lowest BCUT2D eigenvalue weighted by molar-refractivity contribution is -0.385. The Balaban J connectivity index is 1.96. The molecule has 6 nitrogen and oxygen atoms in total. The normalized spacial score (nSPS) is 10.2. The van der Waals surface area contributed by atoms with Gasteiger partial charge in [-0.25, -0.2) is 0 Å². The quantitative estimate of drug-likeness (QED) is 0.322. The van der Waals surface area contributed by atoms with E-state index in [4.69, 9.17) is 32.7 Å². The first-order valence-corrected chi connectivity index (χ1v) is 7.21. The van der Waals surface area contributed by atoms with Crippen LogP contribution >= 0.6 is 23.2 Å². The summed E-state index contributed by atoms with van der Waals surface area (Å²) in [5.41, 5.74) is -0.0765. The number of nitro benzene ring substituents is 1. The van der Waals surface area contributed by atoms with Crippen LogP contribution in [0.1, 0.15) is 10.4 Å². The largest absolute Gasteiger partial charge is 0.488 e. The molecule has 0 aromatic heterocycles. The molecule has 0 aliphatic carbocycles. The van der Waals surface area contributed by atoms with Crippen LogP contribution in [0.3, 0.4) is 0 Å². The van der Waals surface area contributed by atoms with Gasteiger partial charge in [0, 0.05) is 16.7 Å². The molecule has 0 atom stereocenters. The van der Waals surface area contributed by atoms with Crippen molar-refractivity contribution in [2.75, 3.05) is 13.2 Å². The number of carbonyl (C=O) groups excluding carboxylic acids is 1. The number of benzene rings is 2. The molecule has 2 aromatic carbocycles. The maximum atomic E-state index is 11.0. The van der Waals surface area contributed by atoms with Crippen molar-refractivity contribution >= 4 is 35.2 Å². The van der Waals surface area contributed by atoms with Gasteiger partial charge in [-0.05, 0) is 30.3 Å². The molecule has 0 heterocycles. The number of aldehydes is 1. The number of halogens is 2. The fraction of sp³-hybridized carbons (Fsp3) is 0.133. The van der Waals surface area contributed by atoms with Crippen LogP contribution in [0, 0.1) is 10.1 Å². The molecular weight excluding hydrogens is 345 g/mol. The van der Waals surface area contributed by atoms with Crippen LogP contribution < -0.4 is 9.47 Å². The molecule has 0 amide bonds. The highest BCUT2D eigenvalue weighted by Crippen LogP contribution is 2.29. The number of nitro groups is 1. The summed E-state index contributed by atoms with van der Waals surface area (Å²) in [6.45, 7) is 0.203. The van der Waals surface area contributed by atoms with Crippen LogP contribution in [-0.4, -0.2) is 24.4 Å². The molecule has 0 radical (unpaired) electrons. The fourth-order valence-corrected chi connectivity index (χ4v) is 2.23. The summed E-state index contributed by atoms with van der Waals surface area (Å²) in [6.07, 6.45) is 0.530. The molecule has 0 aliphatic heterocycles. The molecule has 0 unspecified atom stereocenters. The Bertz CT molecular complexity index is 736. The number of ether oxygens (including phenoxy) is 2. The van der Waals surface area contributed by atoms with Gasteiger partial charge < -0.3 is 9.47 Å². The molecule has 2 rings (SSSR count). The van der Waals surface area contributed by atoms with Crippen molar-refractivity contribution < 1.29 is 19.2 Å². The van der Waals surface area contributed by atoms with Gasteiger partial charge in [0.1, 0.15) is 25.2 Å². The van der Waals surface area contributed by atoms with Crippen molar-refractivity contribution in [2.45, 2.75) is 0 Å². The molecule has 0 bridgehead atoms. The molecule has 120 valence electrons. The van der Waals surface area contributed by atoms with Gasteiger partial charge >= 0.3 is 5.69 Å². The first-order chi connectivity index (χ1) is 11.0. The van der Waals surface area contributed by atoms with Gasteiger partial charge in [-0.15, -0.1) is 0 Å². The number of hydrogen-bond donors (Lipinski definition) is 0. The molecule has 0 aliphatic rings. The van der Waals surface area contributed by atoms with Gasteiger partial charge in [0.2, 0.25) is 0 Å². The lowest BCUT2D eigenvalue weighted by atomic mass is 10.2. The van der Waals surface area contributed by atoms with E-state index in [1.807, 2.05) is 0 Å². The molecule has 0 saturated heterocycles. The van der Waals surface area contributed by atoms with Crippen molar-refractivity contribution in [3.8, 4) is 11.5 Å². The number of carbonyl (C=O) groups is 1. The Labute approximate surface area is 141 Å². The fourth-order valence-electron chi connectivity index (χ4n) is 1.77. The Kier molecular flexibility index (Phi) is 5.78. The molecule has 0 fully saturated rings. The number of hydrogen-bond acceptors (Lipinski definition) is 5. The van der Waals surface area contributed by atoms with Gasteiger partial charge in [0.05, 0.1) is 9.95 Å². The standard InChI is InChI=1S/C15H11Cl2NO5/c16-11-2-4-14(12(17)8-11)22-5-6-23-15-3-1-10(9-19)7-13(15)18(20)21/h1-4,7-9H,5-6H2. The predicted molar refractivity (Wildman–Crippen MR) is 85.9 cm³/mol. The zero-order valence-corrected chi connectivity index (χ0v) is 13.2. The highest BCUT2D eigenvalue weighted by molar-refractivity contribution is 6.35. The molecule has 0 spiro atoms. The van der Waals surface area contributed by atoms with Gasteiger partial charge in [-0.2, -0.15) is 0 Å². The molecule has 0 saturated carbocycles. The highest BCUT2D eigenvalue weighted by Gasteiger charge is 2.16. The monoisotopic (exact) mass is 355 g/mol. The predicted octanol–water partition coefficient (Wildman–Crippen LogP) is 4.17. The maximum Gasteiger partial charge on any atom is 0.311 e. The van der Waals surface area contributed by atoms with Gasteiger partial charge in [-0.1, -0.05) is 23.2 Å². The van der Waals surface area contributed by atoms with Crippen LogP contribution in [0.4, 0.5) is 5.69 Å². The lowest BCUT2D eigenvalue weighted by Crippen LogP contribution is -2.10. The topological polar surface area (TPSA) is 78.7 Å². The molecule has 8 heteroatoms. The van der Waals surface area contributed by atoms with Gasteiger partial charge in [0.15, 0.2) is 5.75 Å². The second kappa shape index (κ2) is 7.80. The van der Waals surface area contributed by atoms with E-state index in [1.165, 1.54) is 12.1 Å². The van der Waals surface area contributed by atoms with E-state index < -0.39 is 4.92 Å². The van der Waals surface area contributed by atoms with Crippen LogP contribution in [0.15, 0.2) is 36.4 Å². The van der Waals surface area contributed by atoms with Crippen molar-refractivity contribution in [3.63, 3.8) is 0 Å². The van der Waals surface area contributed by atoms with Crippen LogP contribution in [0.2, 0.25) is 10.0 Å². The SMILES string of the molecule is O=Cc1ccc(OCCOc2ccc(Cl)cc2Cl)c([N+](=O)[O-])c1. The minimum Gasteiger partial charge on any atom is -0.488 e. The van der Waals surface area contributed by atoms with Crippen molar-refractivity contribution in [2.24, 2.45) is 0 Å². The number of nitrogens with zero attached hydrogens (tertiary/aromatic N) is 1. The van der Waals surface area contributed by atoms with Crippen LogP contribution in [-0.2, 0) is 0 Å². The number of rotatable bonds is 7. The van der Waals surface area contributed by atoms with E-state index in [9.17, 15) is 14.9 Å². The highest BCUT2D eigenvalue weighted by atomic mass is 35.5. The maximum absolute atomic E-state index is 11.0. The van der Waals surface area contributed by atoms with Crippen molar-refractivity contribution in [1.29, 1.82) is 0 Å². The Morgan fingerprint density at radius 3 is 2.30 bits per heavy atom. The summed E-state index contributed by atoms with van der Waals surface area (Å²) in [4.78, 5) is 21.0. The summed E-state index contributed by atoms with van der Waals surface area (Å²) >= 11 is 11.7. The van der Waals surface area contributed by atoms with E-state index in [2.05, 4.69) is 0 Å². The zero-order chi connectivity index (χ0) is 16.8. The average Bonchev–Trinajstić information content (AvgIpc) is 2.53. The van der Waals surface area contributed by atoms with Gasteiger partial charge in [-0.3, -0.25) is 14.9 Å².